The Kier molecular flexibility index (Phi) is 6.66. The van der Waals surface area contributed by atoms with Gasteiger partial charge in [0.1, 0.15) is 12.4 Å². The van der Waals surface area contributed by atoms with Gasteiger partial charge in [0, 0.05) is 42.7 Å². The predicted octanol–water partition coefficient (Wildman–Crippen LogP) is 2.57. The van der Waals surface area contributed by atoms with Gasteiger partial charge in [-0.2, -0.15) is 4.98 Å². The van der Waals surface area contributed by atoms with Gasteiger partial charge in [-0.3, -0.25) is 4.79 Å². The lowest BCUT2D eigenvalue weighted by Crippen LogP contribution is -2.32. The lowest BCUT2D eigenvalue weighted by Gasteiger charge is -2.31. The molecule has 0 saturated carbocycles. The topological polar surface area (TPSA) is 103 Å². The van der Waals surface area contributed by atoms with E-state index in [9.17, 15) is 4.79 Å². The van der Waals surface area contributed by atoms with E-state index < -0.39 is 0 Å². The molecule has 9 heteroatoms. The molecule has 150 valence electrons. The zero-order valence-electron chi connectivity index (χ0n) is 15.9. The smallest absolute Gasteiger partial charge is 0.250 e. The molecule has 1 aliphatic rings. The Labute approximate surface area is 169 Å². The first-order valence-corrected chi connectivity index (χ1v) is 9.39. The van der Waals surface area contributed by atoms with Crippen LogP contribution in [0.15, 0.2) is 24.3 Å². The summed E-state index contributed by atoms with van der Waals surface area (Å²) in [5.74, 6) is 0.722. The standard InChI is InChI=1S/C19H24ClN5O3/c1-12-8-17(24-19(21)22-12)25-6-3-7-28-10-16(25)14-9-13(4-5-15(14)20)23-18(26)11-27-2/h4-5,8-9,16H,3,6-7,10-11H2,1-2H3,(H,23,26)(H2,21,22,24). The van der Waals surface area contributed by atoms with Crippen LogP contribution in [0.5, 0.6) is 0 Å². The van der Waals surface area contributed by atoms with Crippen LogP contribution in [0.1, 0.15) is 23.7 Å². The number of benzene rings is 1. The summed E-state index contributed by atoms with van der Waals surface area (Å²) >= 11 is 6.52. The van der Waals surface area contributed by atoms with Gasteiger partial charge in [0.15, 0.2) is 0 Å². The summed E-state index contributed by atoms with van der Waals surface area (Å²) in [5, 5.41) is 3.40. The van der Waals surface area contributed by atoms with Crippen LogP contribution < -0.4 is 16.0 Å². The zero-order chi connectivity index (χ0) is 20.1. The molecular weight excluding hydrogens is 382 g/mol. The second-order valence-corrected chi connectivity index (χ2v) is 6.99. The van der Waals surface area contributed by atoms with Crippen molar-refractivity contribution in [2.75, 3.05) is 49.4 Å². The van der Waals surface area contributed by atoms with Gasteiger partial charge in [-0.15, -0.1) is 0 Å². The van der Waals surface area contributed by atoms with Crippen LogP contribution in [0.25, 0.3) is 0 Å². The number of rotatable bonds is 5. The third-order valence-electron chi connectivity index (χ3n) is 4.41. The summed E-state index contributed by atoms with van der Waals surface area (Å²) in [6, 6.07) is 7.10. The SMILES string of the molecule is COCC(=O)Nc1ccc(Cl)c(C2COCCCN2c2cc(C)nc(N)n2)c1. The largest absolute Gasteiger partial charge is 0.379 e. The highest BCUT2D eigenvalue weighted by Crippen LogP contribution is 2.34. The summed E-state index contributed by atoms with van der Waals surface area (Å²) in [6.07, 6.45) is 0.849. The third kappa shape index (κ3) is 4.89. The van der Waals surface area contributed by atoms with Crippen LogP contribution in [0.2, 0.25) is 5.02 Å². The van der Waals surface area contributed by atoms with Crippen molar-refractivity contribution in [3.8, 4) is 0 Å². The van der Waals surface area contributed by atoms with Crippen LogP contribution >= 0.6 is 11.6 Å². The van der Waals surface area contributed by atoms with Crippen molar-refractivity contribution in [2.24, 2.45) is 0 Å². The van der Waals surface area contributed by atoms with Gasteiger partial charge < -0.3 is 25.4 Å². The highest BCUT2D eigenvalue weighted by molar-refractivity contribution is 6.31. The minimum Gasteiger partial charge on any atom is -0.379 e. The summed E-state index contributed by atoms with van der Waals surface area (Å²) in [7, 11) is 1.48. The number of anilines is 3. The molecule has 1 aromatic heterocycles. The molecule has 3 N–H and O–H groups in total. The molecule has 1 aromatic carbocycles. The molecule has 2 aromatic rings. The number of hydrogen-bond donors (Lipinski definition) is 2. The van der Waals surface area contributed by atoms with Crippen molar-refractivity contribution in [2.45, 2.75) is 19.4 Å². The predicted molar refractivity (Wildman–Crippen MR) is 109 cm³/mol. The summed E-state index contributed by atoms with van der Waals surface area (Å²) in [6.45, 7) is 3.68. The first kappa shape index (κ1) is 20.3. The second-order valence-electron chi connectivity index (χ2n) is 6.58. The van der Waals surface area contributed by atoms with Crippen molar-refractivity contribution in [3.63, 3.8) is 0 Å². The van der Waals surface area contributed by atoms with E-state index in [4.69, 9.17) is 26.8 Å². The van der Waals surface area contributed by atoms with Crippen molar-refractivity contribution in [1.29, 1.82) is 0 Å². The maximum atomic E-state index is 11.9. The highest BCUT2D eigenvalue weighted by atomic mass is 35.5. The monoisotopic (exact) mass is 405 g/mol. The molecule has 0 spiro atoms. The lowest BCUT2D eigenvalue weighted by molar-refractivity contribution is -0.119. The van der Waals surface area contributed by atoms with E-state index in [0.717, 1.165) is 30.0 Å². The Morgan fingerprint density at radius 3 is 3.00 bits per heavy atom. The van der Waals surface area contributed by atoms with Gasteiger partial charge in [0.05, 0.1) is 12.6 Å². The van der Waals surface area contributed by atoms with Gasteiger partial charge >= 0.3 is 0 Å². The Morgan fingerprint density at radius 2 is 2.25 bits per heavy atom. The molecule has 0 aliphatic carbocycles. The number of aromatic nitrogens is 2. The first-order chi connectivity index (χ1) is 13.5. The minimum absolute atomic E-state index is 0.0177. The highest BCUT2D eigenvalue weighted by Gasteiger charge is 2.27. The van der Waals surface area contributed by atoms with Crippen molar-refractivity contribution < 1.29 is 14.3 Å². The lowest BCUT2D eigenvalue weighted by atomic mass is 10.0. The number of methoxy groups -OCH3 is 1. The molecule has 1 saturated heterocycles. The number of nitrogens with two attached hydrogens (primary N) is 1. The number of nitrogens with zero attached hydrogens (tertiary/aromatic N) is 3. The van der Waals surface area contributed by atoms with Crippen LogP contribution in [-0.4, -0.2) is 49.4 Å². The Hall–Kier alpha value is -2.42. The quantitative estimate of drug-likeness (QED) is 0.787. The zero-order valence-corrected chi connectivity index (χ0v) is 16.7. The summed E-state index contributed by atoms with van der Waals surface area (Å²) in [4.78, 5) is 22.6. The van der Waals surface area contributed by atoms with Crippen LogP contribution in [-0.2, 0) is 14.3 Å². The molecule has 1 atom stereocenters. The fraction of sp³-hybridized carbons (Fsp3) is 0.421. The average Bonchev–Trinajstić information content (AvgIpc) is 2.88. The number of nitrogens with one attached hydrogen (secondary N) is 1. The van der Waals surface area contributed by atoms with E-state index in [2.05, 4.69) is 20.2 Å². The molecule has 2 heterocycles. The number of hydrogen-bond acceptors (Lipinski definition) is 7. The Bertz CT molecular complexity index is 828. The minimum atomic E-state index is -0.232. The third-order valence-corrected chi connectivity index (χ3v) is 4.75. The van der Waals surface area contributed by atoms with E-state index in [1.165, 1.54) is 7.11 Å². The molecule has 0 bridgehead atoms. The molecular formula is C19H24ClN5O3. The van der Waals surface area contributed by atoms with E-state index in [-0.39, 0.29) is 24.5 Å². The molecule has 28 heavy (non-hydrogen) atoms. The van der Waals surface area contributed by atoms with Gasteiger partial charge in [0.25, 0.3) is 0 Å². The van der Waals surface area contributed by atoms with Crippen molar-refractivity contribution >= 4 is 35.0 Å². The second kappa shape index (κ2) is 9.18. The van der Waals surface area contributed by atoms with E-state index >= 15 is 0 Å². The number of nitrogen functional groups attached to an aromatic ring is 1. The number of carbonyl (C=O) groups is 1. The normalized spacial score (nSPS) is 17.2. The van der Waals surface area contributed by atoms with E-state index in [1.54, 1.807) is 12.1 Å². The Balaban J connectivity index is 1.96. The molecule has 8 nitrogen and oxygen atoms in total. The first-order valence-electron chi connectivity index (χ1n) is 9.01. The van der Waals surface area contributed by atoms with Crippen LogP contribution in [0.4, 0.5) is 17.5 Å². The van der Waals surface area contributed by atoms with E-state index in [0.29, 0.717) is 23.9 Å². The van der Waals surface area contributed by atoms with Crippen LogP contribution in [0.3, 0.4) is 0 Å². The number of aryl methyl sites for hydroxylation is 1. The van der Waals surface area contributed by atoms with Crippen molar-refractivity contribution in [3.05, 3.63) is 40.5 Å². The number of ether oxygens (including phenoxy) is 2. The summed E-state index contributed by atoms with van der Waals surface area (Å²) in [5.41, 5.74) is 8.13. The fourth-order valence-corrected chi connectivity index (χ4v) is 3.48. The molecule has 1 amide bonds. The van der Waals surface area contributed by atoms with Gasteiger partial charge in [-0.25, -0.2) is 4.98 Å². The molecule has 3 rings (SSSR count). The average molecular weight is 406 g/mol. The maximum Gasteiger partial charge on any atom is 0.250 e. The maximum absolute atomic E-state index is 11.9. The molecule has 1 unspecified atom stereocenters. The number of carbonyl (C=O) groups excluding carboxylic acids is 1. The molecule has 1 aliphatic heterocycles. The van der Waals surface area contributed by atoms with Gasteiger partial charge in [0.2, 0.25) is 11.9 Å². The molecule has 1 fully saturated rings. The van der Waals surface area contributed by atoms with E-state index in [1.807, 2.05) is 19.1 Å². The summed E-state index contributed by atoms with van der Waals surface area (Å²) < 4.78 is 10.7. The van der Waals surface area contributed by atoms with Gasteiger partial charge in [-0.05, 0) is 37.1 Å². The van der Waals surface area contributed by atoms with Crippen molar-refractivity contribution in [1.82, 2.24) is 9.97 Å². The fourth-order valence-electron chi connectivity index (χ4n) is 3.24. The molecule has 0 radical (unpaired) electrons. The van der Waals surface area contributed by atoms with Crippen LogP contribution in [0, 0.1) is 6.92 Å². The number of amides is 1. The Morgan fingerprint density at radius 1 is 1.43 bits per heavy atom. The number of halogens is 1. The van der Waals surface area contributed by atoms with Gasteiger partial charge in [-0.1, -0.05) is 11.6 Å².